The Morgan fingerprint density at radius 3 is 1.62 bits per heavy atom. The minimum atomic E-state index is -1.19. The van der Waals surface area contributed by atoms with Gasteiger partial charge >= 0.3 is 30.4 Å². The third kappa shape index (κ3) is 37.7. The minimum absolute atomic E-state index is 0. The summed E-state index contributed by atoms with van der Waals surface area (Å²) in [5.41, 5.74) is 0. The van der Waals surface area contributed by atoms with Crippen molar-refractivity contribution in [3.05, 3.63) is 13.2 Å². The number of carboxylic acids is 1. The Labute approximate surface area is 65.5 Å². The van der Waals surface area contributed by atoms with E-state index in [1.54, 1.807) is 0 Å². The number of aliphatic hydroxyl groups excluding tert-OH is 1. The second-order valence-corrected chi connectivity index (χ2v) is 0.552. The normalized spacial score (nSPS) is 5.12. The number of aliphatic carboxylic acids is 1. The second-order valence-electron chi connectivity index (χ2n) is 0.552. The molecule has 0 heterocycles. The summed E-state index contributed by atoms with van der Waals surface area (Å²) >= 11 is 0. The molecule has 4 heteroatoms. The molecule has 0 atom stereocenters. The summed E-state index contributed by atoms with van der Waals surface area (Å²) < 4.78 is 0. The molecule has 0 radical (unpaired) electrons. The summed E-state index contributed by atoms with van der Waals surface area (Å²) in [6.45, 7) is 5.22. The van der Waals surface area contributed by atoms with Gasteiger partial charge in [0.25, 0.3) is 0 Å². The Bertz CT molecular complexity index is 55.2. The van der Waals surface area contributed by atoms with Crippen molar-refractivity contribution in [2.24, 2.45) is 0 Å². The van der Waals surface area contributed by atoms with Crippen molar-refractivity contribution in [2.45, 2.75) is 0 Å². The van der Waals surface area contributed by atoms with Crippen LogP contribution in [0.3, 0.4) is 0 Å². The number of hydrogen-bond donors (Lipinski definition) is 2. The molecule has 0 rings (SSSR count). The molecule has 0 unspecified atom stereocenters. The predicted molar refractivity (Wildman–Crippen MR) is 35.9 cm³/mol. The van der Waals surface area contributed by atoms with Crippen LogP contribution in [0.2, 0.25) is 0 Å². The second kappa shape index (κ2) is 15.8. The van der Waals surface area contributed by atoms with E-state index in [1.807, 2.05) is 0 Å². The van der Waals surface area contributed by atoms with Crippen LogP contribution in [0.15, 0.2) is 13.2 Å². The molecule has 3 nitrogen and oxygen atoms in total. The van der Waals surface area contributed by atoms with Crippen molar-refractivity contribution >= 4 is 30.4 Å². The fourth-order valence-electron chi connectivity index (χ4n) is 0. The van der Waals surface area contributed by atoms with Crippen molar-refractivity contribution in [1.82, 2.24) is 0 Å². The number of carboxylic acid groups (broad SMARTS) is 1. The molecule has 0 aromatic heterocycles. The first-order chi connectivity index (χ1) is 3.27. The van der Waals surface area contributed by atoms with Gasteiger partial charge in [0, 0.05) is 0 Å². The van der Waals surface area contributed by atoms with Crippen molar-refractivity contribution in [1.29, 1.82) is 0 Å². The van der Waals surface area contributed by atoms with Crippen LogP contribution in [0.5, 0.6) is 0 Å². The number of rotatable bonds is 1. The molecule has 2 N–H and O–H groups in total. The first-order valence-corrected chi connectivity index (χ1v) is 1.60. The van der Waals surface area contributed by atoms with Crippen LogP contribution in [0.4, 0.5) is 0 Å². The standard InChI is InChI=1S/C2H4O3.C2H4.Sb.3H/c3-1-2(4)5;1-2;;;;/h3H,1H2,(H,4,5);1-2H2;;;;. The number of hydrogen-bond acceptors (Lipinski definition) is 2. The van der Waals surface area contributed by atoms with Crippen LogP contribution in [0.25, 0.3) is 0 Å². The SMILES string of the molecule is C=C.O=C(O)CO.[SbH3]. The van der Waals surface area contributed by atoms with E-state index in [9.17, 15) is 0 Å². The molecule has 0 aliphatic heterocycles. The van der Waals surface area contributed by atoms with E-state index >= 15 is 0 Å². The molecule has 0 aliphatic carbocycles. The van der Waals surface area contributed by atoms with Gasteiger partial charge in [0.05, 0.1) is 0 Å². The number of aliphatic hydroxyl groups is 1. The van der Waals surface area contributed by atoms with E-state index in [2.05, 4.69) is 13.2 Å². The molecule has 0 fully saturated rings. The summed E-state index contributed by atoms with van der Waals surface area (Å²) in [6.07, 6.45) is 0. The molecule has 0 saturated heterocycles. The zero-order valence-electron chi connectivity index (χ0n) is 4.63. The Morgan fingerprint density at radius 2 is 1.62 bits per heavy atom. The van der Waals surface area contributed by atoms with Gasteiger partial charge in [0.15, 0.2) is 0 Å². The summed E-state index contributed by atoms with van der Waals surface area (Å²) in [7, 11) is 0. The third-order valence-electron chi connectivity index (χ3n) is 0.135. The van der Waals surface area contributed by atoms with Gasteiger partial charge in [-0.3, -0.25) is 0 Å². The molecule has 0 aromatic carbocycles. The number of carbonyl (C=O) groups is 1. The summed E-state index contributed by atoms with van der Waals surface area (Å²) in [4.78, 5) is 9.12. The molecule has 0 aromatic rings. The molecule has 0 spiro atoms. The van der Waals surface area contributed by atoms with E-state index in [-0.39, 0.29) is 24.4 Å². The van der Waals surface area contributed by atoms with Crippen LogP contribution < -0.4 is 0 Å². The Kier molecular flexibility index (Phi) is 30.9. The van der Waals surface area contributed by atoms with E-state index in [0.29, 0.717) is 0 Å². The quantitative estimate of drug-likeness (QED) is 0.433. The van der Waals surface area contributed by atoms with Crippen LogP contribution in [0.1, 0.15) is 0 Å². The van der Waals surface area contributed by atoms with Gasteiger partial charge in [-0.1, -0.05) is 0 Å². The average Bonchev–Trinajstić information content (AvgIpc) is 1.73. The fraction of sp³-hybridized carbons (Fsp3) is 0.250. The Morgan fingerprint density at radius 1 is 1.50 bits per heavy atom. The van der Waals surface area contributed by atoms with E-state index < -0.39 is 12.6 Å². The van der Waals surface area contributed by atoms with Gasteiger partial charge in [-0.15, -0.1) is 13.2 Å². The molecular weight excluding hydrogens is 218 g/mol. The predicted octanol–water partition coefficient (Wildman–Crippen LogP) is -1.32. The van der Waals surface area contributed by atoms with Crippen molar-refractivity contribution in [3.8, 4) is 0 Å². The zero-order valence-corrected chi connectivity index (χ0v) is 8.67. The Hall–Kier alpha value is -0.0118. The van der Waals surface area contributed by atoms with Crippen molar-refractivity contribution < 1.29 is 15.0 Å². The summed E-state index contributed by atoms with van der Waals surface area (Å²) in [5.74, 6) is -1.19. The average molecular weight is 229 g/mol. The van der Waals surface area contributed by atoms with Crippen LogP contribution >= 0.6 is 0 Å². The van der Waals surface area contributed by atoms with Gasteiger partial charge in [0.2, 0.25) is 0 Å². The molecule has 0 amide bonds. The molecule has 8 heavy (non-hydrogen) atoms. The van der Waals surface area contributed by atoms with Gasteiger partial charge in [0.1, 0.15) is 6.61 Å². The van der Waals surface area contributed by atoms with Gasteiger partial charge in [-0.05, 0) is 0 Å². The molecule has 0 bridgehead atoms. The van der Waals surface area contributed by atoms with Gasteiger partial charge < -0.3 is 10.2 Å². The molecule has 50 valence electrons. The van der Waals surface area contributed by atoms with Crippen molar-refractivity contribution in [2.75, 3.05) is 6.61 Å². The summed E-state index contributed by atoms with van der Waals surface area (Å²) in [5, 5.41) is 15.0. The summed E-state index contributed by atoms with van der Waals surface area (Å²) in [6, 6.07) is 0. The van der Waals surface area contributed by atoms with Gasteiger partial charge in [-0.2, -0.15) is 0 Å². The molecule has 0 saturated carbocycles. The van der Waals surface area contributed by atoms with Crippen LogP contribution in [-0.4, -0.2) is 47.2 Å². The van der Waals surface area contributed by atoms with E-state index in [1.165, 1.54) is 0 Å². The maximum absolute atomic E-state index is 9.12. The third-order valence-corrected chi connectivity index (χ3v) is 0.135. The van der Waals surface area contributed by atoms with Crippen LogP contribution in [-0.2, 0) is 4.79 Å². The zero-order chi connectivity index (χ0) is 6.28. The van der Waals surface area contributed by atoms with Crippen LogP contribution in [0, 0.1) is 0 Å². The fourth-order valence-corrected chi connectivity index (χ4v) is 0. The topological polar surface area (TPSA) is 57.5 Å². The monoisotopic (exact) mass is 228 g/mol. The molecular formula is C4H11O3Sb. The van der Waals surface area contributed by atoms with Crippen molar-refractivity contribution in [3.63, 3.8) is 0 Å². The first kappa shape index (κ1) is 15.7. The Balaban J connectivity index is -0.0000000750. The molecule has 0 aliphatic rings. The van der Waals surface area contributed by atoms with E-state index in [0.717, 1.165) is 0 Å². The first-order valence-electron chi connectivity index (χ1n) is 1.60. The van der Waals surface area contributed by atoms with Gasteiger partial charge in [-0.25, -0.2) is 4.79 Å². The van der Waals surface area contributed by atoms with E-state index in [4.69, 9.17) is 15.0 Å². The maximum atomic E-state index is 9.12.